The number of anilines is 1. The van der Waals surface area contributed by atoms with Gasteiger partial charge in [0.05, 0.1) is 4.90 Å². The summed E-state index contributed by atoms with van der Waals surface area (Å²) in [7, 11) is -3.54. The van der Waals surface area contributed by atoms with Crippen LogP contribution in [0.1, 0.15) is 13.8 Å². The minimum absolute atomic E-state index is 0.149. The summed E-state index contributed by atoms with van der Waals surface area (Å²) in [6, 6.07) is 12.6. The molecule has 0 aromatic heterocycles. The predicted molar refractivity (Wildman–Crippen MR) is 102 cm³/mol. The highest BCUT2D eigenvalue weighted by Gasteiger charge is 2.14. The monoisotopic (exact) mass is 396 g/mol. The van der Waals surface area contributed by atoms with Crippen LogP contribution in [0, 0.1) is 5.92 Å². The first-order chi connectivity index (χ1) is 12.3. The van der Waals surface area contributed by atoms with Gasteiger partial charge in [0.1, 0.15) is 5.75 Å². The molecule has 2 rings (SSSR count). The molecule has 2 aromatic carbocycles. The fourth-order valence-electron chi connectivity index (χ4n) is 1.95. The molecule has 0 aliphatic carbocycles. The molecule has 0 aliphatic rings. The Hall–Kier alpha value is -2.09. The number of benzene rings is 2. The summed E-state index contributed by atoms with van der Waals surface area (Å²) in [4.78, 5) is 12.0. The highest BCUT2D eigenvalue weighted by Crippen LogP contribution is 2.17. The van der Waals surface area contributed by atoms with Gasteiger partial charge in [-0.15, -0.1) is 0 Å². The van der Waals surface area contributed by atoms with E-state index in [4.69, 9.17) is 16.3 Å². The van der Waals surface area contributed by atoms with E-state index in [1.54, 1.807) is 24.3 Å². The average Bonchev–Trinajstić information content (AvgIpc) is 2.61. The molecule has 0 radical (unpaired) electrons. The van der Waals surface area contributed by atoms with E-state index in [0.29, 0.717) is 23.0 Å². The number of hydrogen-bond donors (Lipinski definition) is 2. The second-order valence-electron chi connectivity index (χ2n) is 6.06. The Morgan fingerprint density at radius 3 is 2.27 bits per heavy atom. The molecule has 140 valence electrons. The molecule has 1 amide bonds. The first-order valence-corrected chi connectivity index (χ1v) is 9.90. The molecule has 8 heteroatoms. The predicted octanol–water partition coefficient (Wildman–Crippen LogP) is 3.29. The number of rotatable bonds is 8. The van der Waals surface area contributed by atoms with Crippen molar-refractivity contribution in [2.75, 3.05) is 18.5 Å². The summed E-state index contributed by atoms with van der Waals surface area (Å²) < 4.78 is 32.1. The van der Waals surface area contributed by atoms with Crippen molar-refractivity contribution in [2.24, 2.45) is 5.92 Å². The summed E-state index contributed by atoms with van der Waals surface area (Å²) in [6.07, 6.45) is 0. The van der Waals surface area contributed by atoms with Crippen LogP contribution in [-0.4, -0.2) is 27.5 Å². The maximum absolute atomic E-state index is 12.1. The summed E-state index contributed by atoms with van der Waals surface area (Å²) in [5, 5.41) is 3.25. The second-order valence-corrected chi connectivity index (χ2v) is 8.26. The van der Waals surface area contributed by atoms with E-state index in [1.807, 2.05) is 13.8 Å². The molecule has 26 heavy (non-hydrogen) atoms. The van der Waals surface area contributed by atoms with Gasteiger partial charge in [-0.05, 0) is 54.4 Å². The van der Waals surface area contributed by atoms with Gasteiger partial charge in [-0.3, -0.25) is 4.79 Å². The normalized spacial score (nSPS) is 11.4. The Bertz CT molecular complexity index is 834. The number of carbonyl (C=O) groups is 1. The first kappa shape index (κ1) is 20.2. The zero-order chi connectivity index (χ0) is 19.2. The largest absolute Gasteiger partial charge is 0.484 e. The third kappa shape index (κ3) is 6.33. The van der Waals surface area contributed by atoms with Crippen molar-refractivity contribution in [1.82, 2.24) is 4.72 Å². The molecule has 0 heterocycles. The number of nitrogens with one attached hydrogen (secondary N) is 2. The molecule has 0 saturated carbocycles. The van der Waals surface area contributed by atoms with Crippen LogP contribution in [-0.2, 0) is 14.8 Å². The van der Waals surface area contributed by atoms with Gasteiger partial charge in [-0.2, -0.15) is 0 Å². The number of sulfonamides is 1. The van der Waals surface area contributed by atoms with Crippen LogP contribution < -0.4 is 14.8 Å². The average molecular weight is 397 g/mol. The van der Waals surface area contributed by atoms with Crippen LogP contribution in [0.15, 0.2) is 53.4 Å². The van der Waals surface area contributed by atoms with E-state index in [2.05, 4.69) is 10.0 Å². The summed E-state index contributed by atoms with van der Waals surface area (Å²) in [5.41, 5.74) is 0.612. The van der Waals surface area contributed by atoms with Gasteiger partial charge in [0.2, 0.25) is 10.0 Å². The van der Waals surface area contributed by atoms with Gasteiger partial charge in [0.25, 0.3) is 5.91 Å². The lowest BCUT2D eigenvalue weighted by Crippen LogP contribution is -2.27. The molecule has 0 fully saturated rings. The van der Waals surface area contributed by atoms with E-state index in [1.165, 1.54) is 24.3 Å². The van der Waals surface area contributed by atoms with Gasteiger partial charge in [0, 0.05) is 17.3 Å². The SMILES string of the molecule is CC(C)CNS(=O)(=O)c1ccc(OCC(=O)Nc2ccc(Cl)cc2)cc1. The van der Waals surface area contributed by atoms with Gasteiger partial charge < -0.3 is 10.1 Å². The fraction of sp³-hybridized carbons (Fsp3) is 0.278. The zero-order valence-corrected chi connectivity index (χ0v) is 16.1. The Labute approximate surface area is 158 Å². The van der Waals surface area contributed by atoms with Gasteiger partial charge in [-0.25, -0.2) is 13.1 Å². The first-order valence-electron chi connectivity index (χ1n) is 8.04. The van der Waals surface area contributed by atoms with Crippen LogP contribution in [0.25, 0.3) is 0 Å². The van der Waals surface area contributed by atoms with E-state index >= 15 is 0 Å². The lowest BCUT2D eigenvalue weighted by molar-refractivity contribution is -0.118. The highest BCUT2D eigenvalue weighted by atomic mass is 35.5. The highest BCUT2D eigenvalue weighted by molar-refractivity contribution is 7.89. The van der Waals surface area contributed by atoms with Gasteiger partial charge >= 0.3 is 0 Å². The molecular weight excluding hydrogens is 376 g/mol. The fourth-order valence-corrected chi connectivity index (χ4v) is 3.29. The summed E-state index contributed by atoms with van der Waals surface area (Å²) in [5.74, 6) is 0.285. The molecule has 0 atom stereocenters. The quantitative estimate of drug-likeness (QED) is 0.717. The molecule has 2 aromatic rings. The summed E-state index contributed by atoms with van der Waals surface area (Å²) >= 11 is 5.78. The van der Waals surface area contributed by atoms with Crippen LogP contribution in [0.2, 0.25) is 5.02 Å². The third-order valence-corrected chi connectivity index (χ3v) is 5.00. The minimum Gasteiger partial charge on any atom is -0.484 e. The third-order valence-electron chi connectivity index (χ3n) is 3.31. The lowest BCUT2D eigenvalue weighted by atomic mass is 10.2. The number of ether oxygens (including phenoxy) is 1. The maximum Gasteiger partial charge on any atom is 0.262 e. The Morgan fingerprint density at radius 2 is 1.69 bits per heavy atom. The smallest absolute Gasteiger partial charge is 0.262 e. The van der Waals surface area contributed by atoms with Crippen molar-refractivity contribution in [3.63, 3.8) is 0 Å². The topological polar surface area (TPSA) is 84.5 Å². The molecule has 0 aliphatic heterocycles. The van der Waals surface area contributed by atoms with E-state index < -0.39 is 10.0 Å². The molecule has 0 bridgehead atoms. The van der Waals surface area contributed by atoms with Crippen molar-refractivity contribution >= 4 is 33.2 Å². The van der Waals surface area contributed by atoms with Crippen molar-refractivity contribution in [2.45, 2.75) is 18.7 Å². The lowest BCUT2D eigenvalue weighted by Gasteiger charge is -2.10. The number of halogens is 1. The molecule has 0 saturated heterocycles. The van der Waals surface area contributed by atoms with Crippen molar-refractivity contribution < 1.29 is 17.9 Å². The Kier molecular flexibility index (Phi) is 7.02. The molecule has 2 N–H and O–H groups in total. The number of hydrogen-bond acceptors (Lipinski definition) is 4. The molecule has 0 spiro atoms. The Morgan fingerprint density at radius 1 is 1.08 bits per heavy atom. The standard InChI is InChI=1S/C18H21ClN2O4S/c1-13(2)11-20-26(23,24)17-9-7-16(8-10-17)25-12-18(22)21-15-5-3-14(19)4-6-15/h3-10,13,20H,11-12H2,1-2H3,(H,21,22). The van der Waals surface area contributed by atoms with Gasteiger partial charge in [-0.1, -0.05) is 25.4 Å². The van der Waals surface area contributed by atoms with Crippen LogP contribution in [0.4, 0.5) is 5.69 Å². The van der Waals surface area contributed by atoms with E-state index in [-0.39, 0.29) is 23.3 Å². The molecule has 0 unspecified atom stereocenters. The molecule has 6 nitrogen and oxygen atoms in total. The van der Waals surface area contributed by atoms with Crippen LogP contribution >= 0.6 is 11.6 Å². The van der Waals surface area contributed by atoms with Crippen LogP contribution in [0.3, 0.4) is 0 Å². The van der Waals surface area contributed by atoms with Crippen molar-refractivity contribution in [1.29, 1.82) is 0 Å². The summed E-state index contributed by atoms with van der Waals surface area (Å²) in [6.45, 7) is 4.02. The number of amides is 1. The zero-order valence-electron chi connectivity index (χ0n) is 14.5. The van der Waals surface area contributed by atoms with Gasteiger partial charge in [0.15, 0.2) is 6.61 Å². The van der Waals surface area contributed by atoms with Crippen molar-refractivity contribution in [3.05, 3.63) is 53.6 Å². The van der Waals surface area contributed by atoms with E-state index in [0.717, 1.165) is 0 Å². The minimum atomic E-state index is -3.54. The van der Waals surface area contributed by atoms with Crippen molar-refractivity contribution in [3.8, 4) is 5.75 Å². The maximum atomic E-state index is 12.1. The second kappa shape index (κ2) is 9.02. The molecular formula is C18H21ClN2O4S. The Balaban J connectivity index is 1.88. The number of carbonyl (C=O) groups excluding carboxylic acids is 1. The van der Waals surface area contributed by atoms with E-state index in [9.17, 15) is 13.2 Å². The van der Waals surface area contributed by atoms with Crippen LogP contribution in [0.5, 0.6) is 5.75 Å².